The number of benzene rings is 3. The number of hydrogen-bond donors (Lipinski definition) is 2. The topological polar surface area (TPSA) is 61.4 Å². The third-order valence-corrected chi connectivity index (χ3v) is 5.58. The fourth-order valence-electron chi connectivity index (χ4n) is 3.67. The number of carbonyl (C=O) groups excluding carboxylic acids is 2. The van der Waals surface area contributed by atoms with Gasteiger partial charge in [0.05, 0.1) is 12.6 Å². The van der Waals surface area contributed by atoms with E-state index in [9.17, 15) is 9.59 Å². The molecule has 0 saturated heterocycles. The molecule has 3 amide bonds. The van der Waals surface area contributed by atoms with Crippen molar-refractivity contribution in [1.82, 2.24) is 10.2 Å². The van der Waals surface area contributed by atoms with Crippen LogP contribution < -0.4 is 10.6 Å². The molecule has 152 valence electrons. The molecule has 5 heteroatoms. The first-order valence-electron chi connectivity index (χ1n) is 10.1. The Kier molecular flexibility index (Phi) is 5.53. The Labute approximate surface area is 176 Å². The van der Waals surface area contributed by atoms with E-state index in [-0.39, 0.29) is 18.0 Å². The van der Waals surface area contributed by atoms with Gasteiger partial charge in [-0.15, -0.1) is 0 Å². The Morgan fingerprint density at radius 1 is 0.967 bits per heavy atom. The highest BCUT2D eigenvalue weighted by atomic mass is 16.2. The lowest BCUT2D eigenvalue weighted by Crippen LogP contribution is -2.48. The molecule has 2 N–H and O–H groups in total. The Morgan fingerprint density at radius 2 is 1.60 bits per heavy atom. The maximum Gasteiger partial charge on any atom is 0.318 e. The third kappa shape index (κ3) is 4.06. The highest BCUT2D eigenvalue weighted by molar-refractivity contribution is 5.98. The van der Waals surface area contributed by atoms with Gasteiger partial charge in [0.1, 0.15) is 6.04 Å². The number of amides is 3. The maximum absolute atomic E-state index is 13.0. The van der Waals surface area contributed by atoms with Crippen LogP contribution >= 0.6 is 0 Å². The first kappa shape index (κ1) is 19.7. The van der Waals surface area contributed by atoms with Crippen molar-refractivity contribution in [1.29, 1.82) is 0 Å². The molecule has 0 spiro atoms. The first-order valence-corrected chi connectivity index (χ1v) is 10.1. The van der Waals surface area contributed by atoms with E-state index in [1.165, 1.54) is 0 Å². The number of nitrogens with zero attached hydrogens (tertiary/aromatic N) is 1. The van der Waals surface area contributed by atoms with E-state index >= 15 is 0 Å². The summed E-state index contributed by atoms with van der Waals surface area (Å²) in [5.41, 5.74) is 4.98. The van der Waals surface area contributed by atoms with Crippen molar-refractivity contribution in [2.24, 2.45) is 0 Å². The molecule has 1 unspecified atom stereocenters. The molecule has 30 heavy (non-hydrogen) atoms. The van der Waals surface area contributed by atoms with E-state index in [0.717, 1.165) is 27.9 Å². The molecule has 0 saturated carbocycles. The molecule has 1 aliphatic rings. The average Bonchev–Trinajstić information content (AvgIpc) is 2.90. The van der Waals surface area contributed by atoms with Crippen molar-refractivity contribution < 1.29 is 9.59 Å². The van der Waals surface area contributed by atoms with Crippen LogP contribution in [0, 0.1) is 0 Å². The third-order valence-electron chi connectivity index (χ3n) is 5.58. The molecule has 5 nitrogen and oxygen atoms in total. The number of hydrogen-bond acceptors (Lipinski definition) is 2. The van der Waals surface area contributed by atoms with E-state index < -0.39 is 6.04 Å². The molecular weight excluding hydrogens is 374 g/mol. The van der Waals surface area contributed by atoms with Crippen LogP contribution in [0.25, 0.3) is 11.1 Å². The Hall–Kier alpha value is -3.60. The van der Waals surface area contributed by atoms with Gasteiger partial charge in [0, 0.05) is 5.69 Å². The van der Waals surface area contributed by atoms with Crippen LogP contribution in [-0.2, 0) is 11.3 Å². The van der Waals surface area contributed by atoms with E-state index in [1.807, 2.05) is 61.5 Å². The Morgan fingerprint density at radius 3 is 2.33 bits per heavy atom. The SMILES string of the molecule is CC1C(=O)Nc2ccccc2CN1C(=O)N[C@@H](C)c1ccc(-c2ccccc2)cc1. The summed E-state index contributed by atoms with van der Waals surface area (Å²) >= 11 is 0. The minimum atomic E-state index is -0.565. The number of anilines is 1. The van der Waals surface area contributed by atoms with Crippen molar-refractivity contribution in [3.05, 3.63) is 90.0 Å². The van der Waals surface area contributed by atoms with Crippen molar-refractivity contribution >= 4 is 17.6 Å². The monoisotopic (exact) mass is 399 g/mol. The molecule has 2 atom stereocenters. The molecule has 1 heterocycles. The maximum atomic E-state index is 13.0. The van der Waals surface area contributed by atoms with Crippen LogP contribution in [0.3, 0.4) is 0 Å². The molecule has 0 aliphatic carbocycles. The van der Waals surface area contributed by atoms with E-state index in [1.54, 1.807) is 11.8 Å². The molecule has 0 bridgehead atoms. The summed E-state index contributed by atoms with van der Waals surface area (Å²) < 4.78 is 0. The van der Waals surface area contributed by atoms with Gasteiger partial charge in [-0.3, -0.25) is 4.79 Å². The van der Waals surface area contributed by atoms with Gasteiger partial charge in [0.2, 0.25) is 5.91 Å². The number of fused-ring (bicyclic) bond motifs is 1. The molecule has 1 aliphatic heterocycles. The lowest BCUT2D eigenvalue weighted by atomic mass is 10.0. The van der Waals surface area contributed by atoms with Crippen molar-refractivity contribution in [2.75, 3.05) is 5.32 Å². The predicted molar refractivity (Wildman–Crippen MR) is 119 cm³/mol. The van der Waals surface area contributed by atoms with E-state index in [4.69, 9.17) is 0 Å². The lowest BCUT2D eigenvalue weighted by Gasteiger charge is -2.28. The van der Waals surface area contributed by atoms with Crippen LogP contribution in [0.1, 0.15) is 31.0 Å². The van der Waals surface area contributed by atoms with Crippen LogP contribution in [0.2, 0.25) is 0 Å². The summed E-state index contributed by atoms with van der Waals surface area (Å²) in [6.07, 6.45) is 0. The van der Waals surface area contributed by atoms with E-state index in [0.29, 0.717) is 6.54 Å². The van der Waals surface area contributed by atoms with Crippen LogP contribution in [0.4, 0.5) is 10.5 Å². The van der Waals surface area contributed by atoms with Gasteiger partial charge in [-0.25, -0.2) is 4.79 Å². The number of nitrogens with one attached hydrogen (secondary N) is 2. The van der Waals surface area contributed by atoms with Gasteiger partial charge >= 0.3 is 6.03 Å². The first-order chi connectivity index (χ1) is 14.5. The summed E-state index contributed by atoms with van der Waals surface area (Å²) in [6.45, 7) is 4.08. The fourth-order valence-corrected chi connectivity index (χ4v) is 3.67. The fraction of sp³-hybridized carbons (Fsp3) is 0.200. The Bertz CT molecular complexity index is 1050. The average molecular weight is 399 g/mol. The van der Waals surface area contributed by atoms with Gasteiger partial charge in [0.25, 0.3) is 0 Å². The zero-order chi connectivity index (χ0) is 21.1. The highest BCUT2D eigenvalue weighted by Crippen LogP contribution is 2.25. The van der Waals surface area contributed by atoms with Crippen LogP contribution in [0.5, 0.6) is 0 Å². The number of carbonyl (C=O) groups is 2. The summed E-state index contributed by atoms with van der Waals surface area (Å²) in [7, 11) is 0. The van der Waals surface area contributed by atoms with Gasteiger partial charge < -0.3 is 15.5 Å². The zero-order valence-electron chi connectivity index (χ0n) is 17.1. The molecule has 3 aromatic rings. The lowest BCUT2D eigenvalue weighted by molar-refractivity contribution is -0.119. The normalized spacial score (nSPS) is 16.8. The number of para-hydroxylation sites is 1. The van der Waals surface area contributed by atoms with Crippen LogP contribution in [-0.4, -0.2) is 22.9 Å². The highest BCUT2D eigenvalue weighted by Gasteiger charge is 2.30. The van der Waals surface area contributed by atoms with Crippen molar-refractivity contribution in [2.45, 2.75) is 32.5 Å². The Balaban J connectivity index is 1.48. The van der Waals surface area contributed by atoms with Gasteiger partial charge in [-0.1, -0.05) is 72.8 Å². The predicted octanol–water partition coefficient (Wildman–Crippen LogP) is 4.97. The summed E-state index contributed by atoms with van der Waals surface area (Å²) in [6, 6.07) is 24.9. The van der Waals surface area contributed by atoms with Gasteiger partial charge in [-0.05, 0) is 42.2 Å². The quantitative estimate of drug-likeness (QED) is 0.653. The summed E-state index contributed by atoms with van der Waals surface area (Å²) in [4.78, 5) is 27.1. The minimum absolute atomic E-state index is 0.184. The van der Waals surface area contributed by atoms with Crippen LogP contribution in [0.15, 0.2) is 78.9 Å². The standard InChI is InChI=1S/C25H25N3O2/c1-17(19-12-14-21(15-13-19)20-8-4-3-5-9-20)26-25(30)28-16-22-10-6-7-11-23(22)27-24(29)18(28)2/h3-15,17-18H,16H2,1-2H3,(H,26,30)(H,27,29)/t17-,18?/m0/s1. The second kappa shape index (κ2) is 8.41. The van der Waals surface area contributed by atoms with E-state index in [2.05, 4.69) is 34.9 Å². The minimum Gasteiger partial charge on any atom is -0.331 e. The van der Waals surface area contributed by atoms with Gasteiger partial charge in [0.15, 0.2) is 0 Å². The molecule has 3 aromatic carbocycles. The molecule has 0 aromatic heterocycles. The largest absolute Gasteiger partial charge is 0.331 e. The smallest absolute Gasteiger partial charge is 0.318 e. The van der Waals surface area contributed by atoms with Crippen molar-refractivity contribution in [3.63, 3.8) is 0 Å². The summed E-state index contributed by atoms with van der Waals surface area (Å²) in [5, 5.41) is 5.94. The number of urea groups is 1. The molecular formula is C25H25N3O2. The summed E-state index contributed by atoms with van der Waals surface area (Å²) in [5.74, 6) is -0.185. The molecule has 0 fully saturated rings. The van der Waals surface area contributed by atoms with Gasteiger partial charge in [-0.2, -0.15) is 0 Å². The van der Waals surface area contributed by atoms with Crippen molar-refractivity contribution in [3.8, 4) is 11.1 Å². The second-order valence-corrected chi connectivity index (χ2v) is 7.61. The number of rotatable bonds is 3. The molecule has 4 rings (SSSR count). The molecule has 0 radical (unpaired) electrons. The second-order valence-electron chi connectivity index (χ2n) is 7.61. The zero-order valence-corrected chi connectivity index (χ0v) is 17.1.